The van der Waals surface area contributed by atoms with Gasteiger partial charge in [0.2, 0.25) is 12.0 Å². The van der Waals surface area contributed by atoms with Crippen LogP contribution >= 0.6 is 0 Å². The van der Waals surface area contributed by atoms with Crippen molar-refractivity contribution in [3.63, 3.8) is 0 Å². The Hall–Kier alpha value is -4.07. The van der Waals surface area contributed by atoms with Gasteiger partial charge in [0.15, 0.2) is 11.5 Å². The average molecular weight is 444 g/mol. The Morgan fingerprint density at radius 3 is 2.39 bits per heavy atom. The summed E-state index contributed by atoms with van der Waals surface area (Å²) in [5.41, 5.74) is 1.95. The van der Waals surface area contributed by atoms with E-state index in [-0.39, 0.29) is 18.4 Å². The largest absolute Gasteiger partial charge is 0.485 e. The fraction of sp³-hybridized carbons (Fsp3) is 0.240. The Morgan fingerprint density at radius 1 is 0.939 bits per heavy atom. The van der Waals surface area contributed by atoms with Crippen molar-refractivity contribution in [2.24, 2.45) is 0 Å². The molecule has 33 heavy (non-hydrogen) atoms. The van der Waals surface area contributed by atoms with Crippen LogP contribution < -0.4 is 9.47 Å². The molecule has 1 atom stereocenters. The number of aromatic nitrogens is 2. The molecule has 5 rings (SSSR count). The lowest BCUT2D eigenvalue weighted by atomic mass is 10.2. The maximum Gasteiger partial charge on any atom is 0.267 e. The summed E-state index contributed by atoms with van der Waals surface area (Å²) in [6.45, 7) is 2.10. The molecule has 0 saturated carbocycles. The van der Waals surface area contributed by atoms with Crippen LogP contribution in [-0.4, -0.2) is 70.1 Å². The molecule has 0 aliphatic carbocycles. The molecule has 1 saturated heterocycles. The van der Waals surface area contributed by atoms with Gasteiger partial charge in [-0.15, -0.1) is 0 Å². The van der Waals surface area contributed by atoms with E-state index in [1.54, 1.807) is 34.5 Å². The summed E-state index contributed by atoms with van der Waals surface area (Å²) in [6, 6.07) is 15.2. The predicted molar refractivity (Wildman–Crippen MR) is 122 cm³/mol. The zero-order valence-corrected chi connectivity index (χ0v) is 18.0. The van der Waals surface area contributed by atoms with Gasteiger partial charge in [0.25, 0.3) is 5.91 Å². The first-order chi connectivity index (χ1) is 16.2. The summed E-state index contributed by atoms with van der Waals surface area (Å²) in [7, 11) is 0. The van der Waals surface area contributed by atoms with Crippen molar-refractivity contribution < 1.29 is 19.1 Å². The van der Waals surface area contributed by atoms with Crippen molar-refractivity contribution in [3.8, 4) is 17.2 Å². The first-order valence-corrected chi connectivity index (χ1v) is 10.9. The van der Waals surface area contributed by atoms with E-state index < -0.39 is 6.10 Å². The van der Waals surface area contributed by atoms with Gasteiger partial charge in [0, 0.05) is 50.3 Å². The number of carbonyl (C=O) groups excluding carboxylic acids is 2. The van der Waals surface area contributed by atoms with Crippen LogP contribution in [-0.2, 0) is 9.59 Å². The number of fused-ring (bicyclic) bond motifs is 1. The topological polar surface area (TPSA) is 76.9 Å². The van der Waals surface area contributed by atoms with E-state index in [4.69, 9.17) is 9.47 Å². The molecule has 2 aliphatic heterocycles. The Morgan fingerprint density at radius 2 is 1.67 bits per heavy atom. The summed E-state index contributed by atoms with van der Waals surface area (Å²) in [4.78, 5) is 33.0. The maximum absolute atomic E-state index is 12.9. The summed E-state index contributed by atoms with van der Waals surface area (Å²) in [5.74, 6) is 1.07. The Bertz CT molecular complexity index is 1150. The van der Waals surface area contributed by atoms with E-state index in [2.05, 4.69) is 4.98 Å². The molecule has 3 aromatic rings. The number of nitrogens with zero attached hydrogens (tertiary/aromatic N) is 4. The highest BCUT2D eigenvalue weighted by Crippen LogP contribution is 2.31. The van der Waals surface area contributed by atoms with Crippen LogP contribution in [0, 0.1) is 0 Å². The van der Waals surface area contributed by atoms with Crippen LogP contribution in [0.2, 0.25) is 0 Å². The molecule has 0 spiro atoms. The second-order valence-corrected chi connectivity index (χ2v) is 7.91. The van der Waals surface area contributed by atoms with Crippen molar-refractivity contribution in [1.82, 2.24) is 19.4 Å². The van der Waals surface area contributed by atoms with Crippen LogP contribution in [0.15, 0.2) is 73.3 Å². The SMILES string of the molecule is O=C(C=Cc1ccc(-n2ccnc2)cc1)N1CCN(C(=O)C2COc3ccccc3O2)CC1. The highest BCUT2D eigenvalue weighted by atomic mass is 16.6. The number of piperazine rings is 1. The number of carbonyl (C=O) groups is 2. The van der Waals surface area contributed by atoms with Gasteiger partial charge < -0.3 is 23.8 Å². The average Bonchev–Trinajstić information content (AvgIpc) is 3.42. The van der Waals surface area contributed by atoms with E-state index in [0.717, 1.165) is 11.3 Å². The fourth-order valence-electron chi connectivity index (χ4n) is 3.93. The minimum atomic E-state index is -0.660. The molecule has 1 fully saturated rings. The van der Waals surface area contributed by atoms with Gasteiger partial charge in [0.05, 0.1) is 6.33 Å². The van der Waals surface area contributed by atoms with E-state index in [1.165, 1.54) is 0 Å². The third kappa shape index (κ3) is 4.59. The smallest absolute Gasteiger partial charge is 0.267 e. The zero-order valence-electron chi connectivity index (χ0n) is 18.0. The van der Waals surface area contributed by atoms with Crippen LogP contribution in [0.4, 0.5) is 0 Å². The molecule has 0 radical (unpaired) electrons. The van der Waals surface area contributed by atoms with Crippen LogP contribution in [0.25, 0.3) is 11.8 Å². The maximum atomic E-state index is 12.9. The lowest BCUT2D eigenvalue weighted by Gasteiger charge is -2.36. The van der Waals surface area contributed by atoms with Gasteiger partial charge >= 0.3 is 0 Å². The molecule has 2 amide bonds. The van der Waals surface area contributed by atoms with Crippen molar-refractivity contribution >= 4 is 17.9 Å². The number of benzene rings is 2. The van der Waals surface area contributed by atoms with Gasteiger partial charge in [-0.3, -0.25) is 9.59 Å². The normalized spacial score (nSPS) is 17.9. The summed E-state index contributed by atoms with van der Waals surface area (Å²) >= 11 is 0. The lowest BCUT2D eigenvalue weighted by molar-refractivity contribution is -0.145. The highest BCUT2D eigenvalue weighted by molar-refractivity contribution is 5.92. The van der Waals surface area contributed by atoms with Gasteiger partial charge in [-0.2, -0.15) is 0 Å². The summed E-state index contributed by atoms with van der Waals surface area (Å²) in [6.07, 6.45) is 8.08. The highest BCUT2D eigenvalue weighted by Gasteiger charge is 2.33. The van der Waals surface area contributed by atoms with Gasteiger partial charge in [-0.05, 0) is 35.9 Å². The second-order valence-electron chi connectivity index (χ2n) is 7.91. The molecule has 1 aromatic heterocycles. The minimum absolute atomic E-state index is 0.0630. The van der Waals surface area contributed by atoms with Crippen LogP contribution in [0.5, 0.6) is 11.5 Å². The number of para-hydroxylation sites is 2. The first-order valence-electron chi connectivity index (χ1n) is 10.9. The van der Waals surface area contributed by atoms with Gasteiger partial charge in [0.1, 0.15) is 6.61 Å². The first kappa shape index (κ1) is 20.8. The Kier molecular flexibility index (Phi) is 5.80. The summed E-state index contributed by atoms with van der Waals surface area (Å²) < 4.78 is 13.4. The van der Waals surface area contributed by atoms with Crippen molar-refractivity contribution in [3.05, 3.63) is 78.9 Å². The summed E-state index contributed by atoms with van der Waals surface area (Å²) in [5, 5.41) is 0. The standard InChI is InChI=1S/C25H24N4O4/c30-24(10-7-19-5-8-20(9-6-19)29-12-11-26-18-29)27-13-15-28(16-14-27)25(31)23-17-32-21-3-1-2-4-22(21)33-23/h1-12,18,23H,13-17H2. The molecule has 168 valence electrons. The van der Waals surface area contributed by atoms with Crippen LogP contribution in [0.3, 0.4) is 0 Å². The quantitative estimate of drug-likeness (QED) is 0.578. The number of hydrogen-bond acceptors (Lipinski definition) is 5. The molecule has 8 nitrogen and oxygen atoms in total. The Labute approximate surface area is 191 Å². The zero-order chi connectivity index (χ0) is 22.6. The number of imidazole rings is 1. The van der Waals surface area contributed by atoms with E-state index in [0.29, 0.717) is 37.7 Å². The number of hydrogen-bond donors (Lipinski definition) is 0. The number of rotatable bonds is 4. The molecule has 0 bridgehead atoms. The molecule has 0 N–H and O–H groups in total. The van der Waals surface area contributed by atoms with Crippen LogP contribution in [0.1, 0.15) is 5.56 Å². The monoisotopic (exact) mass is 444 g/mol. The third-order valence-electron chi connectivity index (χ3n) is 5.80. The third-order valence-corrected chi connectivity index (χ3v) is 5.80. The molecule has 8 heteroatoms. The molecular weight excluding hydrogens is 420 g/mol. The van der Waals surface area contributed by atoms with Crippen molar-refractivity contribution in [1.29, 1.82) is 0 Å². The van der Waals surface area contributed by atoms with Crippen molar-refractivity contribution in [2.45, 2.75) is 6.10 Å². The second kappa shape index (κ2) is 9.20. The van der Waals surface area contributed by atoms with Gasteiger partial charge in [-0.1, -0.05) is 24.3 Å². The molecule has 2 aromatic carbocycles. The van der Waals surface area contributed by atoms with E-state index >= 15 is 0 Å². The van der Waals surface area contributed by atoms with E-state index in [9.17, 15) is 9.59 Å². The predicted octanol–water partition coefficient (Wildman–Crippen LogP) is 2.40. The fourth-order valence-corrected chi connectivity index (χ4v) is 3.93. The Balaban J connectivity index is 1.12. The van der Waals surface area contributed by atoms with Gasteiger partial charge in [-0.25, -0.2) is 4.98 Å². The number of ether oxygens (including phenoxy) is 2. The molecular formula is C25H24N4O4. The van der Waals surface area contributed by atoms with E-state index in [1.807, 2.05) is 59.3 Å². The number of amides is 2. The van der Waals surface area contributed by atoms with Crippen molar-refractivity contribution in [2.75, 3.05) is 32.8 Å². The molecule has 2 aliphatic rings. The molecule has 3 heterocycles. The molecule has 1 unspecified atom stereocenters. The minimum Gasteiger partial charge on any atom is -0.485 e. The lowest BCUT2D eigenvalue weighted by Crippen LogP contribution is -2.54.